The number of benzene rings is 1. The highest BCUT2D eigenvalue weighted by Crippen LogP contribution is 2.25. The number of hydrogen-bond donors (Lipinski definition) is 2. The second-order valence-electron chi connectivity index (χ2n) is 7.09. The molecule has 0 unspecified atom stereocenters. The average Bonchev–Trinajstić information content (AvgIpc) is 2.66. The summed E-state index contributed by atoms with van der Waals surface area (Å²) in [4.78, 5) is 28.6. The fourth-order valence-electron chi connectivity index (χ4n) is 2.33. The molecule has 1 heterocycles. The standard InChI is InChI=1S/C21H27N3O4S/c1-13(2)12-27-17-8-16(9-18(10-17)28-14(3)4)20(25)23-19-7-6-15(11-22-19)21(26)24-29-5/h6-11,13-14H,12H2,1-5H3,(H,24,26)(H,22,23,25). The van der Waals surface area contributed by atoms with Gasteiger partial charge < -0.3 is 14.8 Å². The summed E-state index contributed by atoms with van der Waals surface area (Å²) in [7, 11) is 0. The van der Waals surface area contributed by atoms with Gasteiger partial charge in [-0.25, -0.2) is 4.98 Å². The summed E-state index contributed by atoms with van der Waals surface area (Å²) in [5.74, 6) is 1.24. The molecule has 7 nitrogen and oxygen atoms in total. The number of ether oxygens (including phenoxy) is 2. The minimum atomic E-state index is -0.345. The molecule has 0 atom stereocenters. The summed E-state index contributed by atoms with van der Waals surface area (Å²) < 4.78 is 14.1. The minimum absolute atomic E-state index is 0.0344. The Labute approximate surface area is 175 Å². The number of aromatic nitrogens is 1. The van der Waals surface area contributed by atoms with Crippen LogP contribution in [0.2, 0.25) is 0 Å². The highest BCUT2D eigenvalue weighted by Gasteiger charge is 2.13. The average molecular weight is 418 g/mol. The molecule has 1 aromatic carbocycles. The van der Waals surface area contributed by atoms with Crippen molar-refractivity contribution in [2.24, 2.45) is 5.92 Å². The number of nitrogens with zero attached hydrogens (tertiary/aromatic N) is 1. The van der Waals surface area contributed by atoms with Crippen molar-refractivity contribution in [1.82, 2.24) is 9.71 Å². The normalized spacial score (nSPS) is 10.7. The van der Waals surface area contributed by atoms with Gasteiger partial charge in [0, 0.05) is 24.1 Å². The van der Waals surface area contributed by atoms with Crippen LogP contribution in [0.5, 0.6) is 11.5 Å². The molecule has 156 valence electrons. The molecular formula is C21H27N3O4S. The van der Waals surface area contributed by atoms with Crippen LogP contribution in [-0.2, 0) is 0 Å². The first-order valence-corrected chi connectivity index (χ1v) is 10.6. The molecule has 1 aromatic heterocycles. The van der Waals surface area contributed by atoms with E-state index in [1.54, 1.807) is 36.6 Å². The molecule has 0 saturated carbocycles. The molecule has 2 aromatic rings. The Hall–Kier alpha value is -2.74. The molecule has 0 radical (unpaired) electrons. The Balaban J connectivity index is 2.17. The summed E-state index contributed by atoms with van der Waals surface area (Å²) in [6.45, 7) is 8.47. The third-order valence-corrected chi connectivity index (χ3v) is 3.95. The van der Waals surface area contributed by atoms with Crippen molar-refractivity contribution >= 4 is 29.6 Å². The summed E-state index contributed by atoms with van der Waals surface area (Å²) in [5, 5.41) is 2.73. The Morgan fingerprint density at radius 1 is 1.03 bits per heavy atom. The summed E-state index contributed by atoms with van der Waals surface area (Å²) in [6.07, 6.45) is 3.14. The molecule has 0 spiro atoms. The fourth-order valence-corrected chi connectivity index (χ4v) is 2.63. The van der Waals surface area contributed by atoms with Crippen molar-refractivity contribution in [1.29, 1.82) is 0 Å². The molecule has 29 heavy (non-hydrogen) atoms. The third kappa shape index (κ3) is 7.30. The van der Waals surface area contributed by atoms with E-state index in [9.17, 15) is 9.59 Å². The quantitative estimate of drug-likeness (QED) is 0.596. The van der Waals surface area contributed by atoms with Crippen LogP contribution >= 0.6 is 11.9 Å². The zero-order valence-corrected chi connectivity index (χ0v) is 18.1. The van der Waals surface area contributed by atoms with E-state index in [-0.39, 0.29) is 17.9 Å². The predicted molar refractivity (Wildman–Crippen MR) is 116 cm³/mol. The topological polar surface area (TPSA) is 89.6 Å². The van der Waals surface area contributed by atoms with E-state index in [0.717, 1.165) is 0 Å². The van der Waals surface area contributed by atoms with Crippen molar-refractivity contribution < 1.29 is 19.1 Å². The zero-order valence-electron chi connectivity index (χ0n) is 17.3. The van der Waals surface area contributed by atoms with Gasteiger partial charge >= 0.3 is 0 Å². The first kappa shape index (κ1) is 22.5. The molecule has 0 saturated heterocycles. The summed E-state index contributed by atoms with van der Waals surface area (Å²) in [5.41, 5.74) is 0.807. The van der Waals surface area contributed by atoms with Gasteiger partial charge in [-0.1, -0.05) is 25.8 Å². The Kier molecular flexibility index (Phi) is 8.33. The number of rotatable bonds is 9. The lowest BCUT2D eigenvalue weighted by molar-refractivity contribution is 0.0983. The van der Waals surface area contributed by atoms with Gasteiger partial charge in [0.2, 0.25) is 0 Å². The van der Waals surface area contributed by atoms with Gasteiger partial charge in [0.25, 0.3) is 11.8 Å². The molecule has 2 N–H and O–H groups in total. The van der Waals surface area contributed by atoms with Crippen molar-refractivity contribution in [3.8, 4) is 11.5 Å². The van der Waals surface area contributed by atoms with Crippen LogP contribution in [0.15, 0.2) is 36.5 Å². The predicted octanol–water partition coefficient (Wildman–Crippen LogP) is 4.16. The number of hydrogen-bond acceptors (Lipinski definition) is 6. The highest BCUT2D eigenvalue weighted by molar-refractivity contribution is 7.97. The number of pyridine rings is 1. The van der Waals surface area contributed by atoms with E-state index >= 15 is 0 Å². The van der Waals surface area contributed by atoms with Crippen LogP contribution in [0.4, 0.5) is 5.82 Å². The zero-order chi connectivity index (χ0) is 21.4. The van der Waals surface area contributed by atoms with Gasteiger partial charge in [0.05, 0.1) is 18.3 Å². The molecular weight excluding hydrogens is 390 g/mol. The smallest absolute Gasteiger partial charge is 0.262 e. The largest absolute Gasteiger partial charge is 0.493 e. The maximum atomic E-state index is 12.7. The van der Waals surface area contributed by atoms with Crippen molar-refractivity contribution in [3.63, 3.8) is 0 Å². The lowest BCUT2D eigenvalue weighted by Gasteiger charge is -2.15. The van der Waals surface area contributed by atoms with Crippen molar-refractivity contribution in [3.05, 3.63) is 47.7 Å². The van der Waals surface area contributed by atoms with E-state index in [1.807, 2.05) is 13.8 Å². The molecule has 0 aliphatic carbocycles. The van der Waals surface area contributed by atoms with E-state index in [0.29, 0.717) is 41.0 Å². The van der Waals surface area contributed by atoms with E-state index in [2.05, 4.69) is 28.9 Å². The second-order valence-corrected chi connectivity index (χ2v) is 7.70. The number of nitrogens with one attached hydrogen (secondary N) is 2. The van der Waals surface area contributed by atoms with Gasteiger partial charge in [-0.15, -0.1) is 0 Å². The molecule has 2 rings (SSSR count). The minimum Gasteiger partial charge on any atom is -0.493 e. The van der Waals surface area contributed by atoms with Crippen LogP contribution in [-0.4, -0.2) is 35.8 Å². The summed E-state index contributed by atoms with van der Waals surface area (Å²) in [6, 6.07) is 8.29. The fraction of sp³-hybridized carbons (Fsp3) is 0.381. The van der Waals surface area contributed by atoms with Crippen LogP contribution in [0.25, 0.3) is 0 Å². The number of carbonyl (C=O) groups excluding carboxylic acids is 2. The Morgan fingerprint density at radius 2 is 1.76 bits per heavy atom. The maximum Gasteiger partial charge on any atom is 0.262 e. The second kappa shape index (κ2) is 10.7. The van der Waals surface area contributed by atoms with Crippen LogP contribution < -0.4 is 19.5 Å². The summed E-state index contributed by atoms with van der Waals surface area (Å²) >= 11 is 1.21. The molecule has 0 bridgehead atoms. The molecule has 2 amide bonds. The van der Waals surface area contributed by atoms with Crippen LogP contribution in [0.1, 0.15) is 48.4 Å². The van der Waals surface area contributed by atoms with Crippen molar-refractivity contribution in [2.75, 3.05) is 18.2 Å². The van der Waals surface area contributed by atoms with Crippen molar-refractivity contribution in [2.45, 2.75) is 33.8 Å². The SMILES string of the molecule is CSNC(=O)c1ccc(NC(=O)c2cc(OCC(C)C)cc(OC(C)C)c2)nc1. The Morgan fingerprint density at radius 3 is 2.34 bits per heavy atom. The maximum absolute atomic E-state index is 12.7. The Bertz CT molecular complexity index is 838. The van der Waals surface area contributed by atoms with Gasteiger partial charge in [-0.05, 0) is 44.0 Å². The van der Waals surface area contributed by atoms with Crippen LogP contribution in [0, 0.1) is 5.92 Å². The van der Waals surface area contributed by atoms with Gasteiger partial charge in [-0.2, -0.15) is 0 Å². The highest BCUT2D eigenvalue weighted by atomic mass is 32.2. The molecule has 0 aliphatic heterocycles. The lowest BCUT2D eigenvalue weighted by atomic mass is 10.1. The lowest BCUT2D eigenvalue weighted by Crippen LogP contribution is -2.17. The number of anilines is 1. The van der Waals surface area contributed by atoms with E-state index in [4.69, 9.17) is 9.47 Å². The van der Waals surface area contributed by atoms with Gasteiger partial charge in [-0.3, -0.25) is 14.3 Å². The molecule has 0 aliphatic rings. The van der Waals surface area contributed by atoms with Crippen LogP contribution in [0.3, 0.4) is 0 Å². The van der Waals surface area contributed by atoms with E-state index in [1.165, 1.54) is 18.1 Å². The number of amides is 2. The van der Waals surface area contributed by atoms with Gasteiger partial charge in [0.1, 0.15) is 17.3 Å². The first-order chi connectivity index (χ1) is 13.8. The monoisotopic (exact) mass is 417 g/mol. The first-order valence-electron chi connectivity index (χ1n) is 9.33. The van der Waals surface area contributed by atoms with E-state index < -0.39 is 0 Å². The molecule has 8 heteroatoms. The van der Waals surface area contributed by atoms with Gasteiger partial charge in [0.15, 0.2) is 0 Å². The third-order valence-electron chi connectivity index (χ3n) is 3.56. The number of carbonyl (C=O) groups is 2. The molecule has 0 fully saturated rings.